The molecule has 23 heavy (non-hydrogen) atoms. The fourth-order valence-electron chi connectivity index (χ4n) is 3.55. The molecule has 2 nitrogen and oxygen atoms in total. The van der Waals surface area contributed by atoms with Crippen LogP contribution < -0.4 is 4.74 Å². The molecule has 2 aromatic rings. The van der Waals surface area contributed by atoms with Crippen LogP contribution >= 0.6 is 15.9 Å². The van der Waals surface area contributed by atoms with Crippen LogP contribution in [0.5, 0.6) is 5.75 Å². The van der Waals surface area contributed by atoms with Crippen LogP contribution in [0.15, 0.2) is 46.9 Å². The summed E-state index contributed by atoms with van der Waals surface area (Å²) in [4.78, 5) is 2.35. The van der Waals surface area contributed by atoms with Gasteiger partial charge >= 0.3 is 0 Å². The summed E-state index contributed by atoms with van der Waals surface area (Å²) >= 11 is 3.46. The molecule has 0 amide bonds. The summed E-state index contributed by atoms with van der Waals surface area (Å²) in [7, 11) is 4.36. The molecule has 122 valence electrons. The first-order valence-electron chi connectivity index (χ1n) is 8.21. The highest BCUT2D eigenvalue weighted by atomic mass is 79.9. The summed E-state index contributed by atoms with van der Waals surface area (Å²) in [5.41, 5.74) is 4.11. The van der Waals surface area contributed by atoms with Crippen molar-refractivity contribution >= 4 is 15.9 Å². The second-order valence-electron chi connectivity index (χ2n) is 6.63. The zero-order valence-electron chi connectivity index (χ0n) is 14.1. The molecule has 2 unspecified atom stereocenters. The molecule has 2 atom stereocenters. The summed E-state index contributed by atoms with van der Waals surface area (Å²) in [6.07, 6.45) is 2.36. The van der Waals surface area contributed by atoms with E-state index in [-0.39, 0.29) is 0 Å². The van der Waals surface area contributed by atoms with E-state index in [0.29, 0.717) is 18.6 Å². The van der Waals surface area contributed by atoms with Gasteiger partial charge in [-0.25, -0.2) is 0 Å². The van der Waals surface area contributed by atoms with Crippen molar-refractivity contribution in [3.63, 3.8) is 0 Å². The molecular weight excluding hydrogens is 350 g/mol. The summed E-state index contributed by atoms with van der Waals surface area (Å²) in [6.45, 7) is 2.95. The van der Waals surface area contributed by atoms with Gasteiger partial charge in [0.25, 0.3) is 0 Å². The van der Waals surface area contributed by atoms with Gasteiger partial charge in [-0.15, -0.1) is 0 Å². The van der Waals surface area contributed by atoms with Crippen molar-refractivity contribution in [3.8, 4) is 5.75 Å². The molecule has 0 N–H and O–H groups in total. The molecule has 1 aliphatic rings. The number of hydrogen-bond acceptors (Lipinski definition) is 2. The van der Waals surface area contributed by atoms with Crippen molar-refractivity contribution in [1.82, 2.24) is 4.90 Å². The lowest BCUT2D eigenvalue weighted by molar-refractivity contribution is 0.236. The zero-order valence-corrected chi connectivity index (χ0v) is 15.6. The van der Waals surface area contributed by atoms with Gasteiger partial charge in [-0.1, -0.05) is 41.1 Å². The van der Waals surface area contributed by atoms with Crippen molar-refractivity contribution in [2.45, 2.75) is 38.3 Å². The summed E-state index contributed by atoms with van der Waals surface area (Å²) in [5, 5.41) is 0. The molecule has 0 saturated carbocycles. The van der Waals surface area contributed by atoms with E-state index in [1.165, 1.54) is 23.1 Å². The normalized spacial score (nSPS) is 20.4. The Morgan fingerprint density at radius 3 is 2.57 bits per heavy atom. The van der Waals surface area contributed by atoms with Crippen molar-refractivity contribution in [2.75, 3.05) is 14.1 Å². The molecular formula is C20H24BrNO. The first kappa shape index (κ1) is 16.5. The maximum Gasteiger partial charge on any atom is 0.120 e. The fourth-order valence-corrected chi connectivity index (χ4v) is 3.81. The second-order valence-corrected chi connectivity index (χ2v) is 7.55. The van der Waals surface area contributed by atoms with Crippen LogP contribution in [-0.2, 0) is 13.0 Å². The van der Waals surface area contributed by atoms with Crippen LogP contribution in [0.1, 0.15) is 36.0 Å². The van der Waals surface area contributed by atoms with Gasteiger partial charge in [0, 0.05) is 10.5 Å². The Labute approximate surface area is 147 Å². The Kier molecular flexibility index (Phi) is 5.08. The predicted molar refractivity (Wildman–Crippen MR) is 99.1 cm³/mol. The quantitative estimate of drug-likeness (QED) is 0.746. The van der Waals surface area contributed by atoms with Gasteiger partial charge in [-0.05, 0) is 73.8 Å². The number of likely N-dealkylation sites (N-methyl/N-ethyl adjacent to an activating group) is 1. The van der Waals surface area contributed by atoms with E-state index in [1.54, 1.807) is 0 Å². The molecule has 2 aromatic carbocycles. The largest absolute Gasteiger partial charge is 0.489 e. The van der Waals surface area contributed by atoms with Crippen LogP contribution in [0.2, 0.25) is 0 Å². The number of benzene rings is 2. The number of nitrogens with zero attached hydrogens (tertiary/aromatic N) is 1. The van der Waals surface area contributed by atoms with Gasteiger partial charge in [0.05, 0.1) is 0 Å². The van der Waals surface area contributed by atoms with E-state index in [2.05, 4.69) is 84.3 Å². The summed E-state index contributed by atoms with van der Waals surface area (Å²) in [6, 6.07) is 15.5. The highest BCUT2D eigenvalue weighted by Gasteiger charge is 2.27. The third-order valence-corrected chi connectivity index (χ3v) is 5.40. The van der Waals surface area contributed by atoms with Crippen LogP contribution in [0.4, 0.5) is 0 Å². The smallest absolute Gasteiger partial charge is 0.120 e. The Hall–Kier alpha value is -1.32. The number of aryl methyl sites for hydroxylation is 1. The van der Waals surface area contributed by atoms with Gasteiger partial charge in [0.15, 0.2) is 0 Å². The first-order chi connectivity index (χ1) is 11.0. The molecule has 0 aromatic heterocycles. The SMILES string of the molecule is CC1c2ccc(OCc3ccc(Br)cc3)cc2CCC1N(C)C. The highest BCUT2D eigenvalue weighted by Crippen LogP contribution is 2.35. The average Bonchev–Trinajstić information content (AvgIpc) is 2.54. The second kappa shape index (κ2) is 7.06. The minimum atomic E-state index is 0.578. The van der Waals surface area contributed by atoms with Gasteiger partial charge in [0.1, 0.15) is 12.4 Å². The lowest BCUT2D eigenvalue weighted by Crippen LogP contribution is -2.36. The van der Waals surface area contributed by atoms with Gasteiger partial charge in [0.2, 0.25) is 0 Å². The Morgan fingerprint density at radius 1 is 1.13 bits per heavy atom. The number of hydrogen-bond donors (Lipinski definition) is 0. The van der Waals surface area contributed by atoms with Gasteiger partial charge in [-0.2, -0.15) is 0 Å². The molecule has 0 radical (unpaired) electrons. The Morgan fingerprint density at radius 2 is 1.87 bits per heavy atom. The standard InChI is InChI=1S/C20H24BrNO/c1-14-19-10-9-18(12-16(19)6-11-20(14)22(2)3)23-13-15-4-7-17(21)8-5-15/h4-5,7-10,12,14,20H,6,11,13H2,1-3H3. The molecule has 0 heterocycles. The fraction of sp³-hybridized carbons (Fsp3) is 0.400. The molecule has 0 saturated heterocycles. The monoisotopic (exact) mass is 373 g/mol. The van der Waals surface area contributed by atoms with E-state index < -0.39 is 0 Å². The average molecular weight is 374 g/mol. The molecule has 1 aliphatic carbocycles. The van der Waals surface area contributed by atoms with E-state index >= 15 is 0 Å². The third kappa shape index (κ3) is 3.78. The number of halogens is 1. The van der Waals surface area contributed by atoms with E-state index in [4.69, 9.17) is 4.74 Å². The topological polar surface area (TPSA) is 12.5 Å². The lowest BCUT2D eigenvalue weighted by atomic mass is 9.80. The van der Waals surface area contributed by atoms with Crippen LogP contribution in [0.25, 0.3) is 0 Å². The number of rotatable bonds is 4. The van der Waals surface area contributed by atoms with E-state index in [0.717, 1.165) is 16.6 Å². The molecule has 0 spiro atoms. The summed E-state index contributed by atoms with van der Waals surface area (Å²) in [5.74, 6) is 1.55. The van der Waals surface area contributed by atoms with Crippen molar-refractivity contribution < 1.29 is 4.74 Å². The van der Waals surface area contributed by atoms with E-state index in [9.17, 15) is 0 Å². The maximum absolute atomic E-state index is 5.98. The van der Waals surface area contributed by atoms with Crippen molar-refractivity contribution in [3.05, 3.63) is 63.6 Å². The van der Waals surface area contributed by atoms with Crippen LogP contribution in [0, 0.1) is 0 Å². The first-order valence-corrected chi connectivity index (χ1v) is 9.00. The molecule has 0 fully saturated rings. The number of ether oxygens (including phenoxy) is 1. The summed E-state index contributed by atoms with van der Waals surface area (Å²) < 4.78 is 7.08. The molecule has 0 bridgehead atoms. The minimum absolute atomic E-state index is 0.578. The van der Waals surface area contributed by atoms with Crippen LogP contribution in [0.3, 0.4) is 0 Å². The van der Waals surface area contributed by atoms with Gasteiger partial charge in [-0.3, -0.25) is 0 Å². The maximum atomic E-state index is 5.98. The molecule has 3 rings (SSSR count). The predicted octanol–water partition coefficient (Wildman–Crippen LogP) is 5.01. The highest BCUT2D eigenvalue weighted by molar-refractivity contribution is 9.10. The third-order valence-electron chi connectivity index (χ3n) is 4.87. The van der Waals surface area contributed by atoms with Gasteiger partial charge < -0.3 is 9.64 Å². The Bertz CT molecular complexity index is 666. The minimum Gasteiger partial charge on any atom is -0.489 e. The zero-order chi connectivity index (χ0) is 16.4. The molecule has 3 heteroatoms. The van der Waals surface area contributed by atoms with Crippen molar-refractivity contribution in [1.29, 1.82) is 0 Å². The van der Waals surface area contributed by atoms with Crippen LogP contribution in [-0.4, -0.2) is 25.0 Å². The Balaban J connectivity index is 1.70. The van der Waals surface area contributed by atoms with E-state index in [1.807, 2.05) is 0 Å². The van der Waals surface area contributed by atoms with Crippen molar-refractivity contribution in [2.24, 2.45) is 0 Å². The molecule has 0 aliphatic heterocycles. The lowest BCUT2D eigenvalue weighted by Gasteiger charge is -2.35. The number of fused-ring (bicyclic) bond motifs is 1.